The molecule has 0 amide bonds. The van der Waals surface area contributed by atoms with E-state index in [-0.39, 0.29) is 0 Å². The van der Waals surface area contributed by atoms with Crippen molar-refractivity contribution in [3.8, 4) is 0 Å². The molecule has 2 N–H and O–H groups in total. The van der Waals surface area contributed by atoms with Crippen molar-refractivity contribution >= 4 is 24.5 Å². The van der Waals surface area contributed by atoms with Gasteiger partial charge in [0.25, 0.3) is 0 Å². The fourth-order valence-corrected chi connectivity index (χ4v) is 2.09. The van der Waals surface area contributed by atoms with Gasteiger partial charge in [0.1, 0.15) is 5.01 Å². The third kappa shape index (κ3) is 3.64. The van der Waals surface area contributed by atoms with Crippen LogP contribution >= 0.6 is 24.5 Å². The first-order valence-electron chi connectivity index (χ1n) is 4.21. The monoisotopic (exact) mass is 278 g/mol. The summed E-state index contributed by atoms with van der Waals surface area (Å²) in [7, 11) is -2.32. The zero-order valence-corrected chi connectivity index (χ0v) is 10.2. The molecule has 1 rings (SSSR count). The topological polar surface area (TPSA) is 49.7 Å². The lowest BCUT2D eigenvalue weighted by Gasteiger charge is -2.11. The lowest BCUT2D eigenvalue weighted by atomic mass is 10.1. The van der Waals surface area contributed by atoms with E-state index in [1.807, 2.05) is 24.3 Å². The Kier molecular flexibility index (Phi) is 4.99. The fraction of sp³-hybridized carbons (Fsp3) is 0.333. The second-order valence-electron chi connectivity index (χ2n) is 2.77. The van der Waals surface area contributed by atoms with Crippen LogP contribution in [0.1, 0.15) is 23.1 Å². The second kappa shape index (κ2) is 5.79. The summed E-state index contributed by atoms with van der Waals surface area (Å²) in [6.07, 6.45) is 0.987. The van der Waals surface area contributed by atoms with Crippen LogP contribution in [-0.2, 0) is 10.9 Å². The van der Waals surface area contributed by atoms with Crippen molar-refractivity contribution in [2.24, 2.45) is 0 Å². The van der Waals surface area contributed by atoms with E-state index in [2.05, 4.69) is 22.9 Å². The minimum absolute atomic E-state index is 0.463. The predicted molar refractivity (Wildman–Crippen MR) is 59.9 cm³/mol. The Hall–Kier alpha value is 0.0100. The van der Waals surface area contributed by atoms with Gasteiger partial charge in [-0.25, -0.2) is 0 Å². The summed E-state index contributed by atoms with van der Waals surface area (Å²) >= 11 is 3.21. The molecular weight excluding hydrogens is 267 g/mol. The van der Waals surface area contributed by atoms with E-state index in [1.165, 1.54) is 5.56 Å². The van der Waals surface area contributed by atoms with E-state index in [4.69, 9.17) is 14.3 Å². The van der Waals surface area contributed by atoms with Crippen molar-refractivity contribution in [1.82, 2.24) is 0 Å². The van der Waals surface area contributed by atoms with Gasteiger partial charge in [0.05, 0.1) is 0 Å². The van der Waals surface area contributed by atoms with Crippen LogP contribution in [0.3, 0.4) is 0 Å². The summed E-state index contributed by atoms with van der Waals surface area (Å²) < 4.78 is 4.80. The standard InChI is InChI=1S/C9H12BrO3P/c1-2-7-3-5-8(6-4-7)9(10)13-14(11)12/h3-6,9,11-12H,2H2,1H3. The molecule has 0 saturated heterocycles. The maximum Gasteiger partial charge on any atom is 0.328 e. The first-order chi connectivity index (χ1) is 6.63. The van der Waals surface area contributed by atoms with Crippen LogP contribution in [0.25, 0.3) is 0 Å². The minimum atomic E-state index is -2.32. The Morgan fingerprint density at radius 1 is 1.36 bits per heavy atom. The van der Waals surface area contributed by atoms with Crippen LogP contribution in [-0.4, -0.2) is 9.79 Å². The van der Waals surface area contributed by atoms with E-state index in [0.29, 0.717) is 0 Å². The Morgan fingerprint density at radius 3 is 2.36 bits per heavy atom. The third-order valence-corrected chi connectivity index (χ3v) is 3.24. The molecule has 0 aromatic heterocycles. The number of benzene rings is 1. The third-order valence-electron chi connectivity index (χ3n) is 1.84. The maximum absolute atomic E-state index is 8.65. The molecule has 5 heteroatoms. The van der Waals surface area contributed by atoms with Gasteiger partial charge in [0, 0.05) is 0 Å². The Bertz CT molecular complexity index is 276. The van der Waals surface area contributed by atoms with E-state index >= 15 is 0 Å². The molecule has 0 radical (unpaired) electrons. The summed E-state index contributed by atoms with van der Waals surface area (Å²) in [4.78, 5) is 17.3. The summed E-state index contributed by atoms with van der Waals surface area (Å²) in [5.74, 6) is 0. The van der Waals surface area contributed by atoms with E-state index in [9.17, 15) is 0 Å². The first-order valence-corrected chi connectivity index (χ1v) is 6.29. The fourth-order valence-electron chi connectivity index (χ4n) is 1.05. The predicted octanol–water partition coefficient (Wildman–Crippen LogP) is 2.87. The van der Waals surface area contributed by atoms with Crippen LogP contribution < -0.4 is 0 Å². The Morgan fingerprint density at radius 2 is 1.93 bits per heavy atom. The van der Waals surface area contributed by atoms with Crippen molar-refractivity contribution < 1.29 is 14.3 Å². The molecule has 0 saturated carbocycles. The molecule has 0 aliphatic rings. The molecule has 0 aliphatic heterocycles. The zero-order chi connectivity index (χ0) is 10.6. The van der Waals surface area contributed by atoms with Crippen LogP contribution in [0.5, 0.6) is 0 Å². The van der Waals surface area contributed by atoms with Gasteiger partial charge in [0.15, 0.2) is 0 Å². The SMILES string of the molecule is CCc1ccc(C(Br)OP(O)O)cc1. The van der Waals surface area contributed by atoms with Gasteiger partial charge < -0.3 is 9.79 Å². The summed E-state index contributed by atoms with van der Waals surface area (Å²) in [6.45, 7) is 2.08. The highest BCUT2D eigenvalue weighted by atomic mass is 79.9. The second-order valence-corrected chi connectivity index (χ2v) is 4.32. The van der Waals surface area contributed by atoms with Crippen LogP contribution in [0.15, 0.2) is 24.3 Å². The van der Waals surface area contributed by atoms with Gasteiger partial charge in [-0.05, 0) is 17.5 Å². The van der Waals surface area contributed by atoms with Crippen molar-refractivity contribution in [2.45, 2.75) is 18.4 Å². The maximum atomic E-state index is 8.65. The highest BCUT2D eigenvalue weighted by Crippen LogP contribution is 2.37. The highest BCUT2D eigenvalue weighted by molar-refractivity contribution is 9.09. The summed E-state index contributed by atoms with van der Waals surface area (Å²) in [5.41, 5.74) is 2.11. The molecule has 0 spiro atoms. The lowest BCUT2D eigenvalue weighted by molar-refractivity contribution is 0.243. The molecule has 1 aromatic carbocycles. The van der Waals surface area contributed by atoms with Crippen molar-refractivity contribution in [3.63, 3.8) is 0 Å². The van der Waals surface area contributed by atoms with E-state index in [0.717, 1.165) is 12.0 Å². The molecule has 1 atom stereocenters. The molecule has 0 fully saturated rings. The van der Waals surface area contributed by atoms with Crippen LogP contribution in [0, 0.1) is 0 Å². The normalized spacial score (nSPS) is 13.2. The van der Waals surface area contributed by atoms with Crippen LogP contribution in [0.2, 0.25) is 0 Å². The number of halogens is 1. The molecule has 0 aliphatic carbocycles. The number of alkyl halides is 1. The van der Waals surface area contributed by atoms with Crippen molar-refractivity contribution in [1.29, 1.82) is 0 Å². The molecular formula is C9H12BrO3P. The van der Waals surface area contributed by atoms with Gasteiger partial charge in [-0.1, -0.05) is 47.1 Å². The van der Waals surface area contributed by atoms with Gasteiger partial charge in [-0.3, -0.25) is 4.52 Å². The van der Waals surface area contributed by atoms with Gasteiger partial charge in [-0.2, -0.15) is 0 Å². The molecule has 0 bridgehead atoms. The average Bonchev–Trinajstić information content (AvgIpc) is 2.17. The molecule has 1 unspecified atom stereocenters. The molecule has 3 nitrogen and oxygen atoms in total. The minimum Gasteiger partial charge on any atom is -0.328 e. The van der Waals surface area contributed by atoms with Crippen molar-refractivity contribution in [2.75, 3.05) is 0 Å². The highest BCUT2D eigenvalue weighted by Gasteiger charge is 2.12. The summed E-state index contributed by atoms with van der Waals surface area (Å²) in [5, 5.41) is -0.463. The molecule has 1 aromatic rings. The Balaban J connectivity index is 2.66. The number of hydrogen-bond donors (Lipinski definition) is 2. The van der Waals surface area contributed by atoms with Gasteiger partial charge in [-0.15, -0.1) is 0 Å². The smallest absolute Gasteiger partial charge is 0.328 e. The first kappa shape index (κ1) is 12.1. The van der Waals surface area contributed by atoms with E-state index in [1.54, 1.807) is 0 Å². The Labute approximate surface area is 92.9 Å². The van der Waals surface area contributed by atoms with Gasteiger partial charge >= 0.3 is 8.60 Å². The molecule has 14 heavy (non-hydrogen) atoms. The van der Waals surface area contributed by atoms with Crippen molar-refractivity contribution in [3.05, 3.63) is 35.4 Å². The summed E-state index contributed by atoms with van der Waals surface area (Å²) in [6, 6.07) is 7.78. The molecule has 0 heterocycles. The van der Waals surface area contributed by atoms with Crippen LogP contribution in [0.4, 0.5) is 0 Å². The largest absolute Gasteiger partial charge is 0.328 e. The van der Waals surface area contributed by atoms with Gasteiger partial charge in [0.2, 0.25) is 0 Å². The lowest BCUT2D eigenvalue weighted by Crippen LogP contribution is -1.92. The average molecular weight is 279 g/mol. The molecule has 78 valence electrons. The quantitative estimate of drug-likeness (QED) is 0.658. The number of aryl methyl sites for hydroxylation is 1. The number of rotatable bonds is 4. The number of hydrogen-bond acceptors (Lipinski definition) is 3. The zero-order valence-electron chi connectivity index (χ0n) is 7.72. The van der Waals surface area contributed by atoms with E-state index < -0.39 is 13.6 Å².